The van der Waals surface area contributed by atoms with E-state index in [-0.39, 0.29) is 12.5 Å². The normalized spacial score (nSPS) is 10.1. The van der Waals surface area contributed by atoms with Crippen LogP contribution in [-0.4, -0.2) is 22.4 Å². The lowest BCUT2D eigenvalue weighted by atomic mass is 10.2. The van der Waals surface area contributed by atoms with Crippen LogP contribution < -0.4 is 10.6 Å². The molecule has 1 aromatic carbocycles. The number of carbonyl (C=O) groups is 1. The molecule has 2 N–H and O–H groups in total. The summed E-state index contributed by atoms with van der Waals surface area (Å²) in [6, 6.07) is 11.7. The summed E-state index contributed by atoms with van der Waals surface area (Å²) in [5, 5.41) is 5.77. The first-order valence-corrected chi connectivity index (χ1v) is 6.50. The van der Waals surface area contributed by atoms with E-state index in [1.165, 1.54) is 0 Å². The minimum Gasteiger partial charge on any atom is -0.350 e. The van der Waals surface area contributed by atoms with E-state index in [0.29, 0.717) is 12.5 Å². The van der Waals surface area contributed by atoms with Crippen LogP contribution in [0.2, 0.25) is 0 Å². The number of nitrogens with zero attached hydrogens (tertiary/aromatic N) is 2. The summed E-state index contributed by atoms with van der Waals surface area (Å²) in [6.45, 7) is 4.48. The number of hydrogen-bond acceptors (Lipinski definition) is 4. The lowest BCUT2D eigenvalue weighted by molar-refractivity contribution is -0.119. The van der Waals surface area contributed by atoms with Gasteiger partial charge in [-0.3, -0.25) is 4.79 Å². The van der Waals surface area contributed by atoms with Crippen LogP contribution in [0.1, 0.15) is 17.0 Å². The van der Waals surface area contributed by atoms with Gasteiger partial charge in [0.05, 0.1) is 6.54 Å². The number of aromatic nitrogens is 2. The fourth-order valence-corrected chi connectivity index (χ4v) is 1.82. The largest absolute Gasteiger partial charge is 0.350 e. The van der Waals surface area contributed by atoms with Crippen LogP contribution >= 0.6 is 0 Å². The van der Waals surface area contributed by atoms with E-state index in [4.69, 9.17) is 0 Å². The van der Waals surface area contributed by atoms with Crippen molar-refractivity contribution in [3.05, 3.63) is 53.3 Å². The first-order valence-electron chi connectivity index (χ1n) is 6.50. The number of benzene rings is 1. The summed E-state index contributed by atoms with van der Waals surface area (Å²) in [6.07, 6.45) is 0. The van der Waals surface area contributed by atoms with Crippen LogP contribution in [0.5, 0.6) is 0 Å². The van der Waals surface area contributed by atoms with Gasteiger partial charge in [-0.05, 0) is 25.5 Å². The Bertz CT molecular complexity index is 563. The van der Waals surface area contributed by atoms with Crippen molar-refractivity contribution in [1.29, 1.82) is 0 Å². The number of nitrogens with one attached hydrogen (secondary N) is 2. The van der Waals surface area contributed by atoms with Gasteiger partial charge in [0.1, 0.15) is 0 Å². The maximum absolute atomic E-state index is 11.7. The number of amides is 1. The lowest BCUT2D eigenvalue weighted by Crippen LogP contribution is -2.29. The Kier molecular flexibility index (Phi) is 4.65. The number of rotatable bonds is 5. The SMILES string of the molecule is Cc1cc(C)nc(NCC(=O)NCc2ccccc2)n1. The summed E-state index contributed by atoms with van der Waals surface area (Å²) in [5.74, 6) is 0.397. The molecule has 0 bridgehead atoms. The molecule has 1 heterocycles. The van der Waals surface area contributed by atoms with E-state index in [1.807, 2.05) is 50.2 Å². The topological polar surface area (TPSA) is 66.9 Å². The van der Waals surface area contributed by atoms with E-state index < -0.39 is 0 Å². The van der Waals surface area contributed by atoms with Gasteiger partial charge in [0.2, 0.25) is 11.9 Å². The van der Waals surface area contributed by atoms with E-state index in [1.54, 1.807) is 0 Å². The van der Waals surface area contributed by atoms with Crippen LogP contribution in [-0.2, 0) is 11.3 Å². The van der Waals surface area contributed by atoms with Gasteiger partial charge < -0.3 is 10.6 Å². The van der Waals surface area contributed by atoms with Gasteiger partial charge in [-0.15, -0.1) is 0 Å². The monoisotopic (exact) mass is 270 g/mol. The molecule has 0 saturated carbocycles. The van der Waals surface area contributed by atoms with Crippen LogP contribution in [0.4, 0.5) is 5.95 Å². The minimum atomic E-state index is -0.0865. The zero-order chi connectivity index (χ0) is 14.4. The predicted molar refractivity (Wildman–Crippen MR) is 78.3 cm³/mol. The highest BCUT2D eigenvalue weighted by atomic mass is 16.1. The predicted octanol–water partition coefficient (Wildman–Crippen LogP) is 1.82. The molecule has 0 saturated heterocycles. The molecular weight excluding hydrogens is 252 g/mol. The summed E-state index contributed by atoms with van der Waals surface area (Å²) >= 11 is 0. The molecule has 0 fully saturated rings. The quantitative estimate of drug-likeness (QED) is 0.869. The smallest absolute Gasteiger partial charge is 0.239 e. The fraction of sp³-hybridized carbons (Fsp3) is 0.267. The Morgan fingerprint density at radius 3 is 2.40 bits per heavy atom. The van der Waals surface area contributed by atoms with Crippen molar-refractivity contribution in [2.45, 2.75) is 20.4 Å². The third-order valence-electron chi connectivity index (χ3n) is 2.72. The molecule has 0 aliphatic heterocycles. The first kappa shape index (κ1) is 14.0. The molecule has 5 heteroatoms. The molecule has 1 aromatic heterocycles. The van der Waals surface area contributed by atoms with Crippen molar-refractivity contribution in [2.75, 3.05) is 11.9 Å². The number of carbonyl (C=O) groups excluding carboxylic acids is 1. The van der Waals surface area contributed by atoms with Gasteiger partial charge in [-0.25, -0.2) is 9.97 Å². The highest BCUT2D eigenvalue weighted by molar-refractivity contribution is 5.80. The molecule has 2 aromatic rings. The molecule has 0 atom stereocenters. The van der Waals surface area contributed by atoms with Gasteiger partial charge in [-0.1, -0.05) is 30.3 Å². The molecule has 2 rings (SSSR count). The summed E-state index contributed by atoms with van der Waals surface area (Å²) in [4.78, 5) is 20.2. The van der Waals surface area contributed by atoms with Crippen LogP contribution in [0.15, 0.2) is 36.4 Å². The second kappa shape index (κ2) is 6.65. The Morgan fingerprint density at radius 2 is 1.75 bits per heavy atom. The lowest BCUT2D eigenvalue weighted by Gasteiger charge is -2.07. The highest BCUT2D eigenvalue weighted by Gasteiger charge is 2.03. The van der Waals surface area contributed by atoms with Crippen molar-refractivity contribution in [3.8, 4) is 0 Å². The first-order chi connectivity index (χ1) is 9.63. The van der Waals surface area contributed by atoms with E-state index in [0.717, 1.165) is 17.0 Å². The van der Waals surface area contributed by atoms with Crippen LogP contribution in [0.25, 0.3) is 0 Å². The zero-order valence-corrected chi connectivity index (χ0v) is 11.7. The maximum atomic E-state index is 11.7. The number of hydrogen-bond donors (Lipinski definition) is 2. The van der Waals surface area contributed by atoms with Gasteiger partial charge in [-0.2, -0.15) is 0 Å². The third kappa shape index (κ3) is 4.35. The Labute approximate surface area is 118 Å². The minimum absolute atomic E-state index is 0.0865. The van der Waals surface area contributed by atoms with E-state index in [2.05, 4.69) is 20.6 Å². The van der Waals surface area contributed by atoms with Crippen LogP contribution in [0, 0.1) is 13.8 Å². The van der Waals surface area contributed by atoms with Gasteiger partial charge >= 0.3 is 0 Å². The fourth-order valence-electron chi connectivity index (χ4n) is 1.82. The summed E-state index contributed by atoms with van der Waals surface area (Å²) < 4.78 is 0. The van der Waals surface area contributed by atoms with E-state index in [9.17, 15) is 4.79 Å². The summed E-state index contributed by atoms with van der Waals surface area (Å²) in [7, 11) is 0. The van der Waals surface area contributed by atoms with E-state index >= 15 is 0 Å². The Hall–Kier alpha value is -2.43. The van der Waals surface area contributed by atoms with Crippen molar-refractivity contribution in [3.63, 3.8) is 0 Å². The summed E-state index contributed by atoms with van der Waals surface area (Å²) in [5.41, 5.74) is 2.83. The standard InChI is InChI=1S/C15H18N4O/c1-11-8-12(2)19-15(18-11)17-10-14(20)16-9-13-6-4-3-5-7-13/h3-8H,9-10H2,1-2H3,(H,16,20)(H,17,18,19). The van der Waals surface area contributed by atoms with Crippen molar-refractivity contribution in [1.82, 2.24) is 15.3 Å². The number of anilines is 1. The second-order valence-electron chi connectivity index (χ2n) is 4.59. The maximum Gasteiger partial charge on any atom is 0.239 e. The molecule has 0 aliphatic carbocycles. The van der Waals surface area contributed by atoms with Crippen molar-refractivity contribution >= 4 is 11.9 Å². The molecule has 0 spiro atoms. The zero-order valence-electron chi connectivity index (χ0n) is 11.7. The van der Waals surface area contributed by atoms with Gasteiger partial charge in [0.15, 0.2) is 0 Å². The molecule has 1 amide bonds. The molecule has 0 unspecified atom stereocenters. The molecule has 0 aliphatic rings. The van der Waals surface area contributed by atoms with Crippen LogP contribution in [0.3, 0.4) is 0 Å². The Balaban J connectivity index is 1.80. The molecular formula is C15H18N4O. The molecule has 104 valence electrons. The highest BCUT2D eigenvalue weighted by Crippen LogP contribution is 2.03. The molecule has 20 heavy (non-hydrogen) atoms. The van der Waals surface area contributed by atoms with Crippen molar-refractivity contribution < 1.29 is 4.79 Å². The second-order valence-corrected chi connectivity index (χ2v) is 4.59. The average molecular weight is 270 g/mol. The van der Waals surface area contributed by atoms with Crippen molar-refractivity contribution in [2.24, 2.45) is 0 Å². The van der Waals surface area contributed by atoms with Gasteiger partial charge in [0, 0.05) is 17.9 Å². The average Bonchev–Trinajstić information content (AvgIpc) is 2.43. The van der Waals surface area contributed by atoms with Gasteiger partial charge in [0.25, 0.3) is 0 Å². The molecule has 5 nitrogen and oxygen atoms in total. The molecule has 0 radical (unpaired) electrons. The third-order valence-corrected chi connectivity index (χ3v) is 2.72. The number of aryl methyl sites for hydroxylation is 2. The Morgan fingerprint density at radius 1 is 1.10 bits per heavy atom.